The fourth-order valence-corrected chi connectivity index (χ4v) is 3.33. The van der Waals surface area contributed by atoms with Crippen molar-refractivity contribution in [3.05, 3.63) is 59.7 Å². The smallest absolute Gasteiger partial charge is 0.159 e. The summed E-state index contributed by atoms with van der Waals surface area (Å²) >= 11 is 1.96. The molecule has 1 aliphatic carbocycles. The van der Waals surface area contributed by atoms with Gasteiger partial charge in [0.2, 0.25) is 0 Å². The first-order valence-electron chi connectivity index (χ1n) is 6.61. The maximum atomic E-state index is 11.2. The van der Waals surface area contributed by atoms with Crippen molar-refractivity contribution in [3.63, 3.8) is 0 Å². The van der Waals surface area contributed by atoms with Gasteiger partial charge in [0.25, 0.3) is 0 Å². The Morgan fingerprint density at radius 1 is 1.26 bits per heavy atom. The van der Waals surface area contributed by atoms with Crippen LogP contribution in [0.2, 0.25) is 0 Å². The van der Waals surface area contributed by atoms with Crippen molar-refractivity contribution < 1.29 is 4.79 Å². The van der Waals surface area contributed by atoms with Crippen molar-refractivity contribution >= 4 is 17.5 Å². The Balaban J connectivity index is 1.84. The lowest BCUT2D eigenvalue weighted by molar-refractivity contribution is 0.101. The molecule has 0 N–H and O–H groups in total. The summed E-state index contributed by atoms with van der Waals surface area (Å²) in [7, 11) is 0. The number of carbonyl (C=O) groups is 1. The number of carbonyl (C=O) groups excluding carboxylic acids is 1. The number of ketones is 1. The minimum Gasteiger partial charge on any atom is -0.295 e. The minimum absolute atomic E-state index is 0.130. The van der Waals surface area contributed by atoms with E-state index in [1.165, 1.54) is 5.56 Å². The van der Waals surface area contributed by atoms with Crippen LogP contribution in [0.3, 0.4) is 0 Å². The number of allylic oxidation sites excluding steroid dienone is 4. The summed E-state index contributed by atoms with van der Waals surface area (Å²) in [5.41, 5.74) is 2.37. The van der Waals surface area contributed by atoms with Gasteiger partial charge in [-0.15, -0.1) is 0 Å². The lowest BCUT2D eigenvalue weighted by Gasteiger charge is -2.25. The second-order valence-corrected chi connectivity index (χ2v) is 6.38. The second kappa shape index (κ2) is 6.25. The molecule has 0 fully saturated rings. The van der Waals surface area contributed by atoms with Crippen molar-refractivity contribution in [2.45, 2.75) is 26.0 Å². The van der Waals surface area contributed by atoms with Crippen molar-refractivity contribution in [3.8, 4) is 0 Å². The lowest BCUT2D eigenvalue weighted by Crippen LogP contribution is -2.17. The monoisotopic (exact) mass is 272 g/mol. The van der Waals surface area contributed by atoms with Crippen molar-refractivity contribution in [1.29, 1.82) is 0 Å². The molecule has 0 spiro atoms. The number of rotatable bonds is 5. The molecule has 1 unspecified atom stereocenters. The first kappa shape index (κ1) is 14.1. The number of hydrogen-bond acceptors (Lipinski definition) is 2. The molecule has 0 bridgehead atoms. The summed E-state index contributed by atoms with van der Waals surface area (Å²) in [5, 5.41) is 0. The van der Waals surface area contributed by atoms with Crippen LogP contribution in [-0.2, 0) is 5.75 Å². The molecule has 1 aromatic carbocycles. The van der Waals surface area contributed by atoms with Gasteiger partial charge in [-0.1, -0.05) is 55.5 Å². The highest BCUT2D eigenvalue weighted by atomic mass is 32.2. The molecule has 100 valence electrons. The first-order chi connectivity index (χ1) is 9.09. The van der Waals surface area contributed by atoms with Crippen molar-refractivity contribution in [2.75, 3.05) is 5.75 Å². The highest BCUT2D eigenvalue weighted by molar-refractivity contribution is 7.98. The number of thioether (sulfide) groups is 1. The topological polar surface area (TPSA) is 17.1 Å². The molecule has 1 nitrogen and oxygen atoms in total. The summed E-state index contributed by atoms with van der Waals surface area (Å²) < 4.78 is 0. The first-order valence-corrected chi connectivity index (χ1v) is 7.77. The van der Waals surface area contributed by atoms with E-state index in [0.29, 0.717) is 5.41 Å². The molecule has 1 aliphatic rings. The van der Waals surface area contributed by atoms with Crippen molar-refractivity contribution in [1.82, 2.24) is 0 Å². The van der Waals surface area contributed by atoms with E-state index in [9.17, 15) is 4.79 Å². The Morgan fingerprint density at radius 2 is 2.00 bits per heavy atom. The molecule has 0 heterocycles. The molecule has 1 atom stereocenters. The normalized spacial score (nSPS) is 21.6. The third kappa shape index (κ3) is 4.10. The van der Waals surface area contributed by atoms with Crippen LogP contribution in [0.15, 0.2) is 48.6 Å². The number of benzene rings is 1. The third-order valence-electron chi connectivity index (χ3n) is 3.39. The lowest BCUT2D eigenvalue weighted by atomic mass is 9.86. The van der Waals surface area contributed by atoms with Gasteiger partial charge in [-0.05, 0) is 24.3 Å². The molecule has 0 aromatic heterocycles. The van der Waals surface area contributed by atoms with Crippen LogP contribution < -0.4 is 0 Å². The molecular formula is C17H20OS. The van der Waals surface area contributed by atoms with E-state index < -0.39 is 0 Å². The zero-order valence-corrected chi connectivity index (χ0v) is 12.4. The second-order valence-electron chi connectivity index (χ2n) is 5.39. The zero-order valence-electron chi connectivity index (χ0n) is 11.6. The minimum atomic E-state index is 0.130. The van der Waals surface area contributed by atoms with Gasteiger partial charge in [-0.3, -0.25) is 4.79 Å². The third-order valence-corrected chi connectivity index (χ3v) is 4.79. The zero-order chi connectivity index (χ0) is 13.7. The van der Waals surface area contributed by atoms with Gasteiger partial charge in [0, 0.05) is 17.1 Å². The number of hydrogen-bond donors (Lipinski definition) is 0. The van der Waals surface area contributed by atoms with E-state index in [1.807, 2.05) is 23.9 Å². The molecule has 2 rings (SSSR count). The molecule has 19 heavy (non-hydrogen) atoms. The predicted molar refractivity (Wildman–Crippen MR) is 83.6 cm³/mol. The molecule has 0 radical (unpaired) electrons. The maximum Gasteiger partial charge on any atom is 0.159 e. The van der Waals surface area contributed by atoms with Crippen LogP contribution in [0, 0.1) is 5.41 Å². The molecule has 2 heteroatoms. The van der Waals surface area contributed by atoms with Crippen LogP contribution in [-0.4, -0.2) is 11.5 Å². The van der Waals surface area contributed by atoms with Gasteiger partial charge < -0.3 is 0 Å². The van der Waals surface area contributed by atoms with Gasteiger partial charge in [-0.2, -0.15) is 11.8 Å². The fourth-order valence-electron chi connectivity index (χ4n) is 2.12. The Labute approximate surface area is 119 Å². The van der Waals surface area contributed by atoms with Crippen molar-refractivity contribution in [2.24, 2.45) is 5.41 Å². The van der Waals surface area contributed by atoms with E-state index in [0.717, 1.165) is 23.5 Å². The molecule has 0 saturated carbocycles. The molecule has 0 aliphatic heterocycles. The van der Waals surface area contributed by atoms with E-state index in [2.05, 4.69) is 43.4 Å². The molecular weight excluding hydrogens is 252 g/mol. The quantitative estimate of drug-likeness (QED) is 0.726. The van der Waals surface area contributed by atoms with Gasteiger partial charge in [0.15, 0.2) is 5.78 Å². The molecule has 1 aromatic rings. The molecule has 0 saturated heterocycles. The van der Waals surface area contributed by atoms with Crippen LogP contribution in [0.5, 0.6) is 0 Å². The van der Waals surface area contributed by atoms with Crippen LogP contribution in [0.4, 0.5) is 0 Å². The highest BCUT2D eigenvalue weighted by Crippen LogP contribution is 2.32. The van der Waals surface area contributed by atoms with Gasteiger partial charge >= 0.3 is 0 Å². The van der Waals surface area contributed by atoms with Crippen LogP contribution in [0.1, 0.15) is 36.2 Å². The highest BCUT2D eigenvalue weighted by Gasteiger charge is 2.20. The predicted octanol–water partition coefficient (Wildman–Crippen LogP) is 4.64. The summed E-state index contributed by atoms with van der Waals surface area (Å²) in [4.78, 5) is 11.2. The standard InChI is InChI=1S/C17H20OS/c1-14(18)16-8-6-15(7-9-16)12-19-13-17(2)10-4-3-5-11-17/h3-10H,11-13H2,1-2H3. The van der Waals surface area contributed by atoms with E-state index >= 15 is 0 Å². The largest absolute Gasteiger partial charge is 0.295 e. The van der Waals surface area contributed by atoms with E-state index in [-0.39, 0.29) is 5.78 Å². The van der Waals surface area contributed by atoms with Crippen LogP contribution >= 0.6 is 11.8 Å². The maximum absolute atomic E-state index is 11.2. The Hall–Kier alpha value is -1.28. The Kier molecular flexibility index (Phi) is 4.65. The average molecular weight is 272 g/mol. The summed E-state index contributed by atoms with van der Waals surface area (Å²) in [6, 6.07) is 7.96. The van der Waals surface area contributed by atoms with Gasteiger partial charge in [0.05, 0.1) is 0 Å². The number of Topliss-reactive ketones (excluding diaryl/α,β-unsaturated/α-hetero) is 1. The Morgan fingerprint density at radius 3 is 2.58 bits per heavy atom. The summed E-state index contributed by atoms with van der Waals surface area (Å²) in [6.45, 7) is 3.91. The Bertz CT molecular complexity index is 498. The van der Waals surface area contributed by atoms with E-state index in [4.69, 9.17) is 0 Å². The summed E-state index contributed by atoms with van der Waals surface area (Å²) in [5.74, 6) is 2.26. The fraction of sp³-hybridized carbons (Fsp3) is 0.353. The average Bonchev–Trinajstić information content (AvgIpc) is 2.40. The summed E-state index contributed by atoms with van der Waals surface area (Å²) in [6.07, 6.45) is 9.93. The SMILES string of the molecule is CC(=O)c1ccc(CSCC2(C)C=CC=CC2)cc1. The van der Waals surface area contributed by atoms with Crippen LogP contribution in [0.25, 0.3) is 0 Å². The van der Waals surface area contributed by atoms with Gasteiger partial charge in [-0.25, -0.2) is 0 Å². The van der Waals surface area contributed by atoms with Gasteiger partial charge in [0.1, 0.15) is 0 Å². The van der Waals surface area contributed by atoms with E-state index in [1.54, 1.807) is 6.92 Å². The molecule has 0 amide bonds.